The van der Waals surface area contributed by atoms with E-state index in [0.717, 1.165) is 5.56 Å². The first-order chi connectivity index (χ1) is 10.1. The van der Waals surface area contributed by atoms with Crippen LogP contribution in [0.1, 0.15) is 5.56 Å². The van der Waals surface area contributed by atoms with Crippen LogP contribution in [0.5, 0.6) is 0 Å². The van der Waals surface area contributed by atoms with Gasteiger partial charge in [-0.25, -0.2) is 4.98 Å². The van der Waals surface area contributed by atoms with Crippen molar-refractivity contribution in [1.82, 2.24) is 4.98 Å². The van der Waals surface area contributed by atoms with Gasteiger partial charge in [-0.05, 0) is 18.1 Å². The standard InChI is InChI=1S/C15H17Cl2N3O/c1-18-14-12(16)8-13(17)15(20-14)19-11(9-21)7-10-5-3-2-4-6-10/h2-6,8,11,21H,7,9H2,1H3,(H2,18,19,20). The average molecular weight is 326 g/mol. The van der Waals surface area contributed by atoms with Crippen molar-refractivity contribution in [1.29, 1.82) is 0 Å². The van der Waals surface area contributed by atoms with E-state index >= 15 is 0 Å². The van der Waals surface area contributed by atoms with Crippen LogP contribution in [0.4, 0.5) is 11.6 Å². The topological polar surface area (TPSA) is 57.2 Å². The van der Waals surface area contributed by atoms with E-state index in [2.05, 4.69) is 15.6 Å². The molecule has 21 heavy (non-hydrogen) atoms. The number of aromatic nitrogens is 1. The highest BCUT2D eigenvalue weighted by molar-refractivity contribution is 6.37. The molecule has 0 aliphatic heterocycles. The predicted octanol–water partition coefficient (Wildman–Crippen LogP) is 3.45. The van der Waals surface area contributed by atoms with E-state index in [1.807, 2.05) is 30.3 Å². The van der Waals surface area contributed by atoms with E-state index in [0.29, 0.717) is 28.1 Å². The number of benzene rings is 1. The normalized spacial score (nSPS) is 12.0. The third-order valence-electron chi connectivity index (χ3n) is 3.05. The molecule has 112 valence electrons. The number of hydrogen-bond donors (Lipinski definition) is 3. The van der Waals surface area contributed by atoms with Gasteiger partial charge in [0, 0.05) is 7.05 Å². The number of rotatable bonds is 6. The van der Waals surface area contributed by atoms with Gasteiger partial charge in [-0.15, -0.1) is 0 Å². The lowest BCUT2D eigenvalue weighted by atomic mass is 10.1. The van der Waals surface area contributed by atoms with Crippen molar-refractivity contribution in [3.05, 3.63) is 52.0 Å². The highest BCUT2D eigenvalue weighted by atomic mass is 35.5. The maximum atomic E-state index is 9.55. The maximum absolute atomic E-state index is 9.55. The minimum absolute atomic E-state index is 0.0234. The average Bonchev–Trinajstić information content (AvgIpc) is 2.50. The minimum atomic E-state index is -0.178. The molecule has 6 heteroatoms. The second-order valence-corrected chi connectivity index (χ2v) is 5.43. The second kappa shape index (κ2) is 7.50. The molecule has 0 saturated carbocycles. The highest BCUT2D eigenvalue weighted by Gasteiger charge is 2.13. The molecule has 1 atom stereocenters. The lowest BCUT2D eigenvalue weighted by Crippen LogP contribution is -2.27. The Morgan fingerprint density at radius 2 is 1.81 bits per heavy atom. The minimum Gasteiger partial charge on any atom is -0.394 e. The zero-order valence-corrected chi connectivity index (χ0v) is 13.1. The fourth-order valence-corrected chi connectivity index (χ4v) is 2.50. The number of aliphatic hydroxyl groups excluding tert-OH is 1. The van der Waals surface area contributed by atoms with Gasteiger partial charge in [-0.1, -0.05) is 53.5 Å². The van der Waals surface area contributed by atoms with Crippen molar-refractivity contribution >= 4 is 34.8 Å². The first-order valence-electron chi connectivity index (χ1n) is 6.59. The molecule has 0 fully saturated rings. The Kier molecular flexibility index (Phi) is 5.67. The Hall–Kier alpha value is -1.49. The number of anilines is 2. The van der Waals surface area contributed by atoms with E-state index in [4.69, 9.17) is 23.2 Å². The molecule has 1 heterocycles. The molecule has 0 spiro atoms. The predicted molar refractivity (Wildman–Crippen MR) is 88.4 cm³/mol. The molecule has 3 N–H and O–H groups in total. The summed E-state index contributed by atoms with van der Waals surface area (Å²) < 4.78 is 0. The van der Waals surface area contributed by atoms with Crippen LogP contribution in [0.3, 0.4) is 0 Å². The Balaban J connectivity index is 2.15. The van der Waals surface area contributed by atoms with Crippen molar-refractivity contribution < 1.29 is 5.11 Å². The van der Waals surface area contributed by atoms with Crippen LogP contribution in [-0.2, 0) is 6.42 Å². The largest absolute Gasteiger partial charge is 0.394 e. The monoisotopic (exact) mass is 325 g/mol. The quantitative estimate of drug-likeness (QED) is 0.761. The second-order valence-electron chi connectivity index (χ2n) is 4.61. The molecule has 0 aliphatic carbocycles. The van der Waals surface area contributed by atoms with E-state index in [1.54, 1.807) is 13.1 Å². The summed E-state index contributed by atoms with van der Waals surface area (Å²) in [7, 11) is 1.74. The van der Waals surface area contributed by atoms with Gasteiger partial charge in [0.2, 0.25) is 0 Å². The molecular weight excluding hydrogens is 309 g/mol. The molecule has 2 rings (SSSR count). The van der Waals surface area contributed by atoms with Gasteiger partial charge in [0.05, 0.1) is 22.7 Å². The molecule has 0 radical (unpaired) electrons. The van der Waals surface area contributed by atoms with Crippen molar-refractivity contribution in [3.63, 3.8) is 0 Å². The molecular formula is C15H17Cl2N3O. The first kappa shape index (κ1) is 15.9. The lowest BCUT2D eigenvalue weighted by molar-refractivity contribution is 0.273. The first-order valence-corrected chi connectivity index (χ1v) is 7.34. The van der Waals surface area contributed by atoms with Gasteiger partial charge in [-0.3, -0.25) is 0 Å². The van der Waals surface area contributed by atoms with Crippen LogP contribution in [0.25, 0.3) is 0 Å². The number of pyridine rings is 1. The number of aliphatic hydroxyl groups is 1. The third-order valence-corrected chi connectivity index (χ3v) is 3.63. The Bertz CT molecular complexity index is 593. The Morgan fingerprint density at radius 3 is 2.43 bits per heavy atom. The van der Waals surface area contributed by atoms with E-state index < -0.39 is 0 Å². The van der Waals surface area contributed by atoms with Crippen LogP contribution in [-0.4, -0.2) is 29.8 Å². The fourth-order valence-electron chi connectivity index (χ4n) is 2.00. The van der Waals surface area contributed by atoms with Gasteiger partial charge in [0.1, 0.15) is 11.6 Å². The smallest absolute Gasteiger partial charge is 0.147 e. The van der Waals surface area contributed by atoms with Crippen molar-refractivity contribution in [3.8, 4) is 0 Å². The lowest BCUT2D eigenvalue weighted by Gasteiger charge is -2.18. The fraction of sp³-hybridized carbons (Fsp3) is 0.267. The molecule has 1 aromatic carbocycles. The van der Waals surface area contributed by atoms with Gasteiger partial charge in [-0.2, -0.15) is 0 Å². The molecule has 2 aromatic rings. The summed E-state index contributed by atoms with van der Waals surface area (Å²) in [4.78, 5) is 4.32. The summed E-state index contributed by atoms with van der Waals surface area (Å²) in [5.41, 5.74) is 1.13. The zero-order chi connectivity index (χ0) is 15.2. The Labute approximate surface area is 134 Å². The van der Waals surface area contributed by atoms with Gasteiger partial charge < -0.3 is 15.7 Å². The summed E-state index contributed by atoms with van der Waals surface area (Å²) in [5, 5.41) is 16.5. The molecule has 0 bridgehead atoms. The molecule has 0 amide bonds. The van der Waals surface area contributed by atoms with Crippen molar-refractivity contribution in [2.45, 2.75) is 12.5 Å². The summed E-state index contributed by atoms with van der Waals surface area (Å²) >= 11 is 12.2. The molecule has 0 aliphatic rings. The summed E-state index contributed by atoms with van der Waals surface area (Å²) in [6, 6.07) is 11.4. The van der Waals surface area contributed by atoms with Crippen LogP contribution < -0.4 is 10.6 Å². The zero-order valence-electron chi connectivity index (χ0n) is 11.6. The number of hydrogen-bond acceptors (Lipinski definition) is 4. The highest BCUT2D eigenvalue weighted by Crippen LogP contribution is 2.29. The number of halogens is 2. The van der Waals surface area contributed by atoms with Crippen LogP contribution in [0, 0.1) is 0 Å². The molecule has 1 unspecified atom stereocenters. The summed E-state index contributed by atoms with van der Waals surface area (Å²) in [6.07, 6.45) is 0.673. The van der Waals surface area contributed by atoms with E-state index in [1.165, 1.54) is 0 Å². The summed E-state index contributed by atoms with van der Waals surface area (Å²) in [6.45, 7) is -0.0234. The van der Waals surface area contributed by atoms with Crippen molar-refractivity contribution in [2.24, 2.45) is 0 Å². The summed E-state index contributed by atoms with van der Waals surface area (Å²) in [5.74, 6) is 1.04. The molecule has 1 aromatic heterocycles. The SMILES string of the molecule is CNc1nc(NC(CO)Cc2ccccc2)c(Cl)cc1Cl. The van der Waals surface area contributed by atoms with Gasteiger partial charge in [0.15, 0.2) is 0 Å². The van der Waals surface area contributed by atoms with Crippen LogP contribution in [0.2, 0.25) is 10.0 Å². The van der Waals surface area contributed by atoms with E-state index in [9.17, 15) is 5.11 Å². The number of nitrogens with one attached hydrogen (secondary N) is 2. The maximum Gasteiger partial charge on any atom is 0.147 e. The van der Waals surface area contributed by atoms with Gasteiger partial charge in [0.25, 0.3) is 0 Å². The molecule has 4 nitrogen and oxygen atoms in total. The third kappa shape index (κ3) is 4.24. The van der Waals surface area contributed by atoms with Crippen molar-refractivity contribution in [2.75, 3.05) is 24.3 Å². The molecule has 0 saturated heterocycles. The van der Waals surface area contributed by atoms with E-state index in [-0.39, 0.29) is 12.6 Å². The Morgan fingerprint density at radius 1 is 1.14 bits per heavy atom. The number of nitrogens with zero attached hydrogens (tertiary/aromatic N) is 1. The van der Waals surface area contributed by atoms with Gasteiger partial charge >= 0.3 is 0 Å². The van der Waals surface area contributed by atoms with Crippen LogP contribution >= 0.6 is 23.2 Å². The van der Waals surface area contributed by atoms with Crippen LogP contribution in [0.15, 0.2) is 36.4 Å².